The number of aromatic nitrogens is 1. The number of rotatable bonds is 4. The largest absolute Gasteiger partial charge is 0.388 e. The van der Waals surface area contributed by atoms with E-state index in [-0.39, 0.29) is 28.1 Å². The van der Waals surface area contributed by atoms with Gasteiger partial charge in [-0.3, -0.25) is 0 Å². The van der Waals surface area contributed by atoms with E-state index in [4.69, 9.17) is 9.66 Å². The average Bonchev–Trinajstić information content (AvgIpc) is 2.96. The minimum Gasteiger partial charge on any atom is -0.388 e. The number of aliphatic hydroxyl groups is 1. The molecule has 2 aromatic carbocycles. The highest BCUT2D eigenvalue weighted by molar-refractivity contribution is 7.89. The van der Waals surface area contributed by atoms with Gasteiger partial charge in [-0.05, 0) is 29.8 Å². The van der Waals surface area contributed by atoms with Crippen LogP contribution in [-0.4, -0.2) is 18.7 Å². The number of hydrogen-bond acceptors (Lipinski definition) is 5. The van der Waals surface area contributed by atoms with Crippen molar-refractivity contribution in [2.24, 2.45) is 5.14 Å². The number of nitrogens with two attached hydrogens (primary N) is 1. The minimum atomic E-state index is -4.27. The lowest BCUT2D eigenvalue weighted by Crippen LogP contribution is -2.14. The van der Waals surface area contributed by atoms with Crippen molar-refractivity contribution >= 4 is 10.0 Å². The summed E-state index contributed by atoms with van der Waals surface area (Å²) in [6.07, 6.45) is 0. The van der Waals surface area contributed by atoms with Crippen LogP contribution in [0, 0.1) is 17.5 Å². The van der Waals surface area contributed by atoms with E-state index in [9.17, 15) is 26.7 Å². The van der Waals surface area contributed by atoms with Gasteiger partial charge in [-0.2, -0.15) is 0 Å². The third kappa shape index (κ3) is 3.34. The summed E-state index contributed by atoms with van der Waals surface area (Å²) in [5.41, 5.74) is 0.101. The van der Waals surface area contributed by atoms with Crippen molar-refractivity contribution in [2.45, 2.75) is 11.5 Å². The molecule has 0 aliphatic carbocycles. The number of hydrogen-bond donors (Lipinski definition) is 2. The molecule has 0 atom stereocenters. The van der Waals surface area contributed by atoms with Crippen LogP contribution in [0.1, 0.15) is 5.76 Å². The van der Waals surface area contributed by atoms with Crippen molar-refractivity contribution in [1.82, 2.24) is 5.16 Å². The van der Waals surface area contributed by atoms with Gasteiger partial charge >= 0.3 is 0 Å². The third-order valence-electron chi connectivity index (χ3n) is 3.57. The van der Waals surface area contributed by atoms with Gasteiger partial charge in [0.05, 0.1) is 5.56 Å². The SMILES string of the molecule is NS(=O)(=O)c1ccc(-c2c(-c3cc(F)cc(F)c3)noc2CO)cc1F. The van der Waals surface area contributed by atoms with Crippen molar-refractivity contribution in [3.63, 3.8) is 0 Å². The molecule has 10 heteroatoms. The zero-order valence-electron chi connectivity index (χ0n) is 12.9. The normalized spacial score (nSPS) is 11.7. The summed E-state index contributed by atoms with van der Waals surface area (Å²) in [6, 6.07) is 5.64. The lowest BCUT2D eigenvalue weighted by atomic mass is 9.99. The van der Waals surface area contributed by atoms with E-state index in [1.54, 1.807) is 0 Å². The molecule has 0 aliphatic heterocycles. The highest BCUT2D eigenvalue weighted by Crippen LogP contribution is 2.36. The van der Waals surface area contributed by atoms with Gasteiger partial charge < -0.3 is 9.63 Å². The summed E-state index contributed by atoms with van der Waals surface area (Å²) in [5, 5.41) is 18.0. The Bertz CT molecular complexity index is 1080. The van der Waals surface area contributed by atoms with Crippen molar-refractivity contribution < 1.29 is 31.2 Å². The Balaban J connectivity index is 2.22. The van der Waals surface area contributed by atoms with Gasteiger partial charge in [-0.15, -0.1) is 0 Å². The van der Waals surface area contributed by atoms with E-state index >= 15 is 0 Å². The van der Waals surface area contributed by atoms with Crippen LogP contribution < -0.4 is 5.14 Å². The van der Waals surface area contributed by atoms with Gasteiger partial charge in [0.25, 0.3) is 0 Å². The average molecular weight is 384 g/mol. The van der Waals surface area contributed by atoms with Gasteiger partial charge in [-0.25, -0.2) is 26.7 Å². The molecule has 6 nitrogen and oxygen atoms in total. The van der Waals surface area contributed by atoms with E-state index < -0.39 is 39.0 Å². The second kappa shape index (κ2) is 6.56. The molecule has 0 unspecified atom stereocenters. The number of nitrogens with zero attached hydrogens (tertiary/aromatic N) is 1. The summed E-state index contributed by atoms with van der Waals surface area (Å²) in [5.74, 6) is -2.95. The van der Waals surface area contributed by atoms with E-state index in [1.165, 1.54) is 6.07 Å². The molecule has 0 spiro atoms. The number of benzene rings is 2. The smallest absolute Gasteiger partial charge is 0.240 e. The summed E-state index contributed by atoms with van der Waals surface area (Å²) >= 11 is 0. The molecule has 26 heavy (non-hydrogen) atoms. The van der Waals surface area contributed by atoms with Gasteiger partial charge in [0.1, 0.15) is 34.6 Å². The van der Waals surface area contributed by atoms with Crippen molar-refractivity contribution in [2.75, 3.05) is 0 Å². The molecule has 1 aromatic heterocycles. The maximum atomic E-state index is 14.1. The summed E-state index contributed by atoms with van der Waals surface area (Å²) < 4.78 is 68.7. The van der Waals surface area contributed by atoms with E-state index in [1.807, 2.05) is 0 Å². The molecule has 0 bridgehead atoms. The second-order valence-electron chi connectivity index (χ2n) is 5.34. The maximum Gasteiger partial charge on any atom is 0.240 e. The molecule has 3 aromatic rings. The minimum absolute atomic E-state index is 0.00289. The monoisotopic (exact) mass is 384 g/mol. The Labute approximate surface area is 145 Å². The van der Waals surface area contributed by atoms with E-state index in [0.29, 0.717) is 6.07 Å². The first-order chi connectivity index (χ1) is 12.2. The third-order valence-corrected chi connectivity index (χ3v) is 4.51. The van der Waals surface area contributed by atoms with Crippen molar-refractivity contribution in [3.05, 3.63) is 59.6 Å². The topological polar surface area (TPSA) is 106 Å². The van der Waals surface area contributed by atoms with Crippen LogP contribution in [-0.2, 0) is 16.6 Å². The molecule has 0 amide bonds. The summed E-state index contributed by atoms with van der Waals surface area (Å²) in [4.78, 5) is -0.721. The number of primary sulfonamides is 1. The predicted molar refractivity (Wildman–Crippen MR) is 84.5 cm³/mol. The van der Waals surface area contributed by atoms with Crippen molar-refractivity contribution in [1.29, 1.82) is 0 Å². The zero-order valence-corrected chi connectivity index (χ0v) is 13.7. The molecule has 3 rings (SSSR count). The van der Waals surface area contributed by atoms with Crippen LogP contribution in [0.5, 0.6) is 0 Å². The highest BCUT2D eigenvalue weighted by atomic mass is 32.2. The maximum absolute atomic E-state index is 14.1. The van der Waals surface area contributed by atoms with Gasteiger partial charge in [0.2, 0.25) is 10.0 Å². The molecular formula is C16H11F3N2O4S. The first kappa shape index (κ1) is 18.1. The molecule has 0 aliphatic rings. The Morgan fingerprint density at radius 2 is 1.69 bits per heavy atom. The van der Waals surface area contributed by atoms with E-state index in [0.717, 1.165) is 24.3 Å². The first-order valence-electron chi connectivity index (χ1n) is 7.09. The fraction of sp³-hybridized carbons (Fsp3) is 0.0625. The van der Waals surface area contributed by atoms with Gasteiger partial charge in [0, 0.05) is 11.6 Å². The predicted octanol–water partition coefficient (Wildman–Crippen LogP) is 2.57. The van der Waals surface area contributed by atoms with Gasteiger partial charge in [0.15, 0.2) is 5.76 Å². The standard InChI is InChI=1S/C16H11F3N2O4S/c17-10-3-9(4-11(18)6-10)16-15(13(7-22)25-21-16)8-1-2-14(12(19)5-8)26(20,23)24/h1-6,22H,7H2,(H2,20,23,24). The van der Waals surface area contributed by atoms with Crippen LogP contribution in [0.4, 0.5) is 13.2 Å². The van der Waals surface area contributed by atoms with E-state index in [2.05, 4.69) is 5.16 Å². The van der Waals surface area contributed by atoms with Crippen LogP contribution >= 0.6 is 0 Å². The molecule has 0 saturated heterocycles. The lowest BCUT2D eigenvalue weighted by Gasteiger charge is -2.07. The Morgan fingerprint density at radius 3 is 2.23 bits per heavy atom. The van der Waals surface area contributed by atoms with Crippen LogP contribution in [0.25, 0.3) is 22.4 Å². The summed E-state index contributed by atoms with van der Waals surface area (Å²) in [6.45, 7) is -0.626. The van der Waals surface area contributed by atoms with Gasteiger partial charge in [-0.1, -0.05) is 11.2 Å². The van der Waals surface area contributed by atoms with Crippen LogP contribution in [0.15, 0.2) is 45.8 Å². The fourth-order valence-corrected chi connectivity index (χ4v) is 3.09. The Kier molecular flexibility index (Phi) is 4.57. The van der Waals surface area contributed by atoms with Crippen molar-refractivity contribution in [3.8, 4) is 22.4 Å². The molecule has 0 saturated carbocycles. The number of sulfonamides is 1. The first-order valence-corrected chi connectivity index (χ1v) is 8.64. The Morgan fingerprint density at radius 1 is 1.04 bits per heavy atom. The summed E-state index contributed by atoms with van der Waals surface area (Å²) in [7, 11) is -4.27. The highest BCUT2D eigenvalue weighted by Gasteiger charge is 2.22. The Hall–Kier alpha value is -2.69. The lowest BCUT2D eigenvalue weighted by molar-refractivity contribution is 0.230. The molecule has 0 radical (unpaired) electrons. The molecule has 1 heterocycles. The number of aliphatic hydroxyl groups excluding tert-OH is 1. The molecule has 0 fully saturated rings. The van der Waals surface area contributed by atoms with Crippen LogP contribution in [0.3, 0.4) is 0 Å². The fourth-order valence-electron chi connectivity index (χ4n) is 2.50. The second-order valence-corrected chi connectivity index (χ2v) is 6.87. The zero-order chi connectivity index (χ0) is 19.1. The quantitative estimate of drug-likeness (QED) is 0.719. The molecule has 3 N–H and O–H groups in total. The van der Waals surface area contributed by atoms with Crippen LogP contribution in [0.2, 0.25) is 0 Å². The number of halogens is 3. The molecule has 136 valence electrons. The molecular weight excluding hydrogens is 373 g/mol.